The first-order valence-corrected chi connectivity index (χ1v) is 9.15. The summed E-state index contributed by atoms with van der Waals surface area (Å²) in [7, 11) is 0. The van der Waals surface area contributed by atoms with Gasteiger partial charge in [-0.05, 0) is 23.6 Å². The molecular weight excluding hydrogens is 332 g/mol. The van der Waals surface area contributed by atoms with Crippen molar-refractivity contribution in [3.63, 3.8) is 0 Å². The van der Waals surface area contributed by atoms with Gasteiger partial charge in [0, 0.05) is 33.6 Å². The highest BCUT2D eigenvalue weighted by atomic mass is 32.1. The number of thiazole rings is 2. The highest BCUT2D eigenvalue weighted by molar-refractivity contribution is 7.15. The molecule has 0 atom stereocenters. The van der Waals surface area contributed by atoms with Crippen LogP contribution in [0.15, 0.2) is 52.8 Å². The van der Waals surface area contributed by atoms with Crippen molar-refractivity contribution in [2.24, 2.45) is 0 Å². The number of pyridine rings is 1. The number of hydrogen-bond donors (Lipinski definition) is 1. The van der Waals surface area contributed by atoms with Gasteiger partial charge in [-0.25, -0.2) is 15.0 Å². The lowest BCUT2D eigenvalue weighted by Gasteiger charge is -2.02. The Labute approximate surface area is 139 Å². The minimum atomic E-state index is 0.792. The van der Waals surface area contributed by atoms with Gasteiger partial charge < -0.3 is 5.32 Å². The zero-order valence-corrected chi connectivity index (χ0v) is 13.7. The molecule has 0 fully saturated rings. The molecule has 0 spiro atoms. The van der Waals surface area contributed by atoms with E-state index in [-0.39, 0.29) is 0 Å². The van der Waals surface area contributed by atoms with Crippen molar-refractivity contribution >= 4 is 45.0 Å². The number of nitrogens with one attached hydrogen (secondary N) is 1. The van der Waals surface area contributed by atoms with E-state index < -0.39 is 0 Å². The molecule has 0 radical (unpaired) electrons. The van der Waals surface area contributed by atoms with Gasteiger partial charge in [0.1, 0.15) is 16.5 Å². The van der Waals surface area contributed by atoms with Crippen LogP contribution in [0.4, 0.5) is 10.9 Å². The van der Waals surface area contributed by atoms with E-state index in [1.807, 2.05) is 29.1 Å². The highest BCUT2D eigenvalue weighted by Gasteiger charge is 2.07. The van der Waals surface area contributed by atoms with Gasteiger partial charge in [-0.1, -0.05) is 6.07 Å². The van der Waals surface area contributed by atoms with Gasteiger partial charge in [0.2, 0.25) is 0 Å². The van der Waals surface area contributed by atoms with Crippen LogP contribution < -0.4 is 5.32 Å². The van der Waals surface area contributed by atoms with Crippen LogP contribution in [0.5, 0.6) is 0 Å². The van der Waals surface area contributed by atoms with Crippen LogP contribution >= 0.6 is 34.0 Å². The Kier molecular flexibility index (Phi) is 3.67. The zero-order valence-electron chi connectivity index (χ0n) is 11.3. The summed E-state index contributed by atoms with van der Waals surface area (Å²) < 4.78 is 0. The van der Waals surface area contributed by atoms with E-state index in [0.29, 0.717) is 0 Å². The minimum Gasteiger partial charge on any atom is -0.316 e. The van der Waals surface area contributed by atoms with E-state index in [4.69, 9.17) is 0 Å². The molecule has 0 aliphatic carbocycles. The highest BCUT2D eigenvalue weighted by Crippen LogP contribution is 2.29. The van der Waals surface area contributed by atoms with Gasteiger partial charge >= 0.3 is 0 Å². The average Bonchev–Trinajstić information content (AvgIpc) is 3.30. The SMILES string of the molecule is c1csc(-c2ccc(Nc3nc(-c4nccs4)cs3)nc2)c1. The predicted molar refractivity (Wildman–Crippen MR) is 94.1 cm³/mol. The van der Waals surface area contributed by atoms with Gasteiger partial charge in [-0.3, -0.25) is 0 Å². The number of nitrogens with zero attached hydrogens (tertiary/aromatic N) is 3. The number of anilines is 2. The molecule has 4 nitrogen and oxygen atoms in total. The molecular formula is C15H10N4S3. The standard InChI is InChI=1S/C15H10N4S3/c1-2-12(20-6-1)10-3-4-13(17-8-10)19-15-18-11(9-22-15)14-16-5-7-21-14/h1-9H,(H,17,18,19). The van der Waals surface area contributed by atoms with Crippen molar-refractivity contribution in [1.82, 2.24) is 15.0 Å². The van der Waals surface area contributed by atoms with E-state index in [9.17, 15) is 0 Å². The Bertz CT molecular complexity index is 849. The molecule has 0 aliphatic rings. The van der Waals surface area contributed by atoms with Crippen LogP contribution in [0.3, 0.4) is 0 Å². The fourth-order valence-corrected chi connectivity index (χ4v) is 4.04. The van der Waals surface area contributed by atoms with Crippen molar-refractivity contribution < 1.29 is 0 Å². The Morgan fingerprint density at radius 3 is 2.68 bits per heavy atom. The second-order valence-electron chi connectivity index (χ2n) is 4.41. The molecule has 7 heteroatoms. The summed E-state index contributed by atoms with van der Waals surface area (Å²) in [5.41, 5.74) is 2.03. The third-order valence-electron chi connectivity index (χ3n) is 2.96. The molecule has 0 unspecified atom stereocenters. The number of aromatic nitrogens is 3. The van der Waals surface area contributed by atoms with Gasteiger partial charge in [-0.2, -0.15) is 0 Å². The molecule has 4 aromatic rings. The molecule has 1 N–H and O–H groups in total. The van der Waals surface area contributed by atoms with Crippen molar-refractivity contribution in [3.8, 4) is 21.1 Å². The van der Waals surface area contributed by atoms with Crippen molar-refractivity contribution in [3.05, 3.63) is 52.8 Å². The van der Waals surface area contributed by atoms with E-state index in [1.54, 1.807) is 40.2 Å². The molecule has 0 aromatic carbocycles. The topological polar surface area (TPSA) is 50.7 Å². The lowest BCUT2D eigenvalue weighted by atomic mass is 10.2. The van der Waals surface area contributed by atoms with E-state index in [2.05, 4.69) is 37.8 Å². The van der Waals surface area contributed by atoms with Crippen LogP contribution in [-0.4, -0.2) is 15.0 Å². The first-order chi connectivity index (χ1) is 10.9. The molecule has 4 rings (SSSR count). The third kappa shape index (κ3) is 2.78. The summed E-state index contributed by atoms with van der Waals surface area (Å²) in [6.45, 7) is 0. The Morgan fingerprint density at radius 2 is 1.95 bits per heavy atom. The second-order valence-corrected chi connectivity index (χ2v) is 7.11. The second kappa shape index (κ2) is 5.96. The fraction of sp³-hybridized carbons (Fsp3) is 0. The molecule has 4 heterocycles. The molecule has 0 amide bonds. The maximum Gasteiger partial charge on any atom is 0.188 e. The summed E-state index contributed by atoms with van der Waals surface area (Å²) >= 11 is 4.85. The van der Waals surface area contributed by atoms with Crippen molar-refractivity contribution in [2.75, 3.05) is 5.32 Å². The molecule has 0 bridgehead atoms. The molecule has 108 valence electrons. The fourth-order valence-electron chi connectivity index (χ4n) is 1.95. The van der Waals surface area contributed by atoms with Gasteiger partial charge in [0.05, 0.1) is 0 Å². The van der Waals surface area contributed by atoms with E-state index in [0.717, 1.165) is 27.2 Å². The Hall–Kier alpha value is -2.09. The molecule has 0 saturated carbocycles. The summed E-state index contributed by atoms with van der Waals surface area (Å²) in [4.78, 5) is 14.5. The monoisotopic (exact) mass is 342 g/mol. The van der Waals surface area contributed by atoms with Crippen molar-refractivity contribution in [1.29, 1.82) is 0 Å². The smallest absolute Gasteiger partial charge is 0.188 e. The summed E-state index contributed by atoms with van der Waals surface area (Å²) in [6, 6.07) is 8.17. The maximum absolute atomic E-state index is 4.54. The predicted octanol–water partition coefficient (Wildman–Crippen LogP) is 5.13. The Balaban J connectivity index is 1.52. The normalized spacial score (nSPS) is 10.7. The minimum absolute atomic E-state index is 0.792. The van der Waals surface area contributed by atoms with Crippen LogP contribution in [-0.2, 0) is 0 Å². The molecule has 22 heavy (non-hydrogen) atoms. The molecule has 0 aliphatic heterocycles. The van der Waals surface area contributed by atoms with Crippen molar-refractivity contribution in [2.45, 2.75) is 0 Å². The van der Waals surface area contributed by atoms with Crippen LogP contribution in [0.1, 0.15) is 0 Å². The molecule has 0 saturated heterocycles. The van der Waals surface area contributed by atoms with Crippen LogP contribution in [0, 0.1) is 0 Å². The lowest BCUT2D eigenvalue weighted by molar-refractivity contribution is 1.28. The number of rotatable bonds is 4. The Morgan fingerprint density at radius 1 is 0.955 bits per heavy atom. The number of thiophene rings is 1. The average molecular weight is 342 g/mol. The van der Waals surface area contributed by atoms with E-state index >= 15 is 0 Å². The van der Waals surface area contributed by atoms with Gasteiger partial charge in [0.15, 0.2) is 5.13 Å². The van der Waals surface area contributed by atoms with Gasteiger partial charge in [0.25, 0.3) is 0 Å². The summed E-state index contributed by atoms with van der Waals surface area (Å²) in [5.74, 6) is 0.792. The zero-order chi connectivity index (χ0) is 14.8. The number of hydrogen-bond acceptors (Lipinski definition) is 7. The van der Waals surface area contributed by atoms with Crippen LogP contribution in [0.2, 0.25) is 0 Å². The molecule has 4 aromatic heterocycles. The lowest BCUT2D eigenvalue weighted by Crippen LogP contribution is -1.92. The maximum atomic E-state index is 4.54. The van der Waals surface area contributed by atoms with Crippen LogP contribution in [0.25, 0.3) is 21.1 Å². The first kappa shape index (κ1) is 13.6. The largest absolute Gasteiger partial charge is 0.316 e. The van der Waals surface area contributed by atoms with Gasteiger partial charge in [-0.15, -0.1) is 34.0 Å². The third-order valence-corrected chi connectivity index (χ3v) is 5.43. The van der Waals surface area contributed by atoms with E-state index in [1.165, 1.54) is 4.88 Å². The first-order valence-electron chi connectivity index (χ1n) is 6.51. The quantitative estimate of drug-likeness (QED) is 0.558. The summed E-state index contributed by atoms with van der Waals surface area (Å²) in [5, 5.41) is 11.0. The summed E-state index contributed by atoms with van der Waals surface area (Å²) in [6.07, 6.45) is 3.67.